The van der Waals surface area contributed by atoms with Gasteiger partial charge in [-0.1, -0.05) is 50.8 Å². The Morgan fingerprint density at radius 1 is 1.21 bits per heavy atom. The van der Waals surface area contributed by atoms with Gasteiger partial charge in [-0.3, -0.25) is 4.79 Å². The van der Waals surface area contributed by atoms with E-state index in [4.69, 9.17) is 5.11 Å². The van der Waals surface area contributed by atoms with Crippen LogP contribution in [0.15, 0.2) is 70.3 Å². The highest BCUT2D eigenvalue weighted by molar-refractivity contribution is 6.00. The average Bonchev–Trinajstić information content (AvgIpc) is 2.74. The number of aliphatic hydroxyl groups excluding tert-OH is 1. The van der Waals surface area contributed by atoms with Crippen molar-refractivity contribution in [2.75, 3.05) is 39.1 Å². The number of aliphatic hydroxyl groups is 1. The van der Waals surface area contributed by atoms with E-state index in [1.54, 1.807) is 24.3 Å². The predicted molar refractivity (Wildman–Crippen MR) is 146 cm³/mol. The van der Waals surface area contributed by atoms with Gasteiger partial charge in [-0.2, -0.15) is 0 Å². The van der Waals surface area contributed by atoms with Crippen molar-refractivity contribution >= 4 is 30.3 Å². The maximum absolute atomic E-state index is 13.0. The molecule has 1 amide bonds. The number of anilines is 1. The van der Waals surface area contributed by atoms with Gasteiger partial charge < -0.3 is 20.6 Å². The van der Waals surface area contributed by atoms with Gasteiger partial charge in [0.2, 0.25) is 5.96 Å². The van der Waals surface area contributed by atoms with Crippen molar-refractivity contribution in [3.05, 3.63) is 71.5 Å². The van der Waals surface area contributed by atoms with Crippen LogP contribution in [0.25, 0.3) is 6.08 Å². The largest absolute Gasteiger partial charge is 0.392 e. The van der Waals surface area contributed by atoms with E-state index in [1.807, 2.05) is 40.1 Å². The van der Waals surface area contributed by atoms with Gasteiger partial charge in [0.1, 0.15) is 0 Å². The van der Waals surface area contributed by atoms with Crippen LogP contribution in [-0.4, -0.2) is 62.4 Å². The highest BCUT2D eigenvalue weighted by Gasteiger charge is 2.20. The number of hydrogen-bond donors (Lipinski definition) is 3. The number of rotatable bonds is 11. The third-order valence-corrected chi connectivity index (χ3v) is 4.67. The molecule has 0 aromatic heterocycles. The summed E-state index contributed by atoms with van der Waals surface area (Å²) in [6.45, 7) is 20.7. The lowest BCUT2D eigenvalue weighted by Crippen LogP contribution is -2.40. The molecule has 0 saturated carbocycles. The topological polar surface area (TPSA) is 89.3 Å². The summed E-state index contributed by atoms with van der Waals surface area (Å²) in [7, 11) is 4.02. The summed E-state index contributed by atoms with van der Waals surface area (Å²) >= 11 is 0. The van der Waals surface area contributed by atoms with Crippen LogP contribution in [0.2, 0.25) is 0 Å². The number of benzene rings is 1. The van der Waals surface area contributed by atoms with Gasteiger partial charge in [-0.05, 0) is 69.4 Å². The van der Waals surface area contributed by atoms with Crippen molar-refractivity contribution < 1.29 is 9.90 Å². The summed E-state index contributed by atoms with van der Waals surface area (Å²) in [5.41, 5.74) is 4.02. The van der Waals surface area contributed by atoms with Gasteiger partial charge in [0.05, 0.1) is 12.3 Å². The van der Waals surface area contributed by atoms with E-state index < -0.39 is 0 Å². The summed E-state index contributed by atoms with van der Waals surface area (Å²) in [6, 6.07) is 5.33. The summed E-state index contributed by atoms with van der Waals surface area (Å²) in [5.74, 6) is 0.0602. The summed E-state index contributed by atoms with van der Waals surface area (Å²) in [4.78, 5) is 23.4. The molecule has 1 aromatic carbocycles. The van der Waals surface area contributed by atoms with Gasteiger partial charge >= 0.3 is 0 Å². The molecule has 0 bridgehead atoms. The van der Waals surface area contributed by atoms with Gasteiger partial charge in [0.25, 0.3) is 5.91 Å². The second-order valence-electron chi connectivity index (χ2n) is 9.35. The Balaban J connectivity index is 3.21. The molecule has 0 heterocycles. The van der Waals surface area contributed by atoms with Crippen LogP contribution in [0.3, 0.4) is 0 Å². The lowest BCUT2D eigenvalue weighted by atomic mass is 9.93. The van der Waals surface area contributed by atoms with E-state index in [9.17, 15) is 4.79 Å². The molecule has 7 heteroatoms. The Kier molecular flexibility index (Phi) is 11.3. The molecule has 1 rings (SSSR count). The minimum absolute atomic E-state index is 0.0865. The molecule has 0 aliphatic heterocycles. The van der Waals surface area contributed by atoms with Gasteiger partial charge in [-0.15, -0.1) is 0 Å². The number of aliphatic imine (C=N–C) groups is 2. The van der Waals surface area contributed by atoms with Crippen molar-refractivity contribution in [2.24, 2.45) is 15.4 Å². The molecule has 34 heavy (non-hydrogen) atoms. The Labute approximate surface area is 204 Å². The summed E-state index contributed by atoms with van der Waals surface area (Å²) in [6.07, 6.45) is 5.23. The maximum atomic E-state index is 13.0. The SMILES string of the molecule is C=NC(=NC(=C)/C(C)=C/C(=C)C)Nc1cc(/C=C/CO)cc(C(=O)NCC(C)(C)CN(C)C)c1. The fraction of sp³-hybridized carbons (Fsp3) is 0.370. The molecule has 7 nitrogen and oxygen atoms in total. The van der Waals surface area contributed by atoms with Crippen LogP contribution < -0.4 is 10.6 Å². The first kappa shape index (κ1) is 28.7. The number of nitrogens with zero attached hydrogens (tertiary/aromatic N) is 3. The monoisotopic (exact) mass is 465 g/mol. The van der Waals surface area contributed by atoms with Crippen molar-refractivity contribution in [1.82, 2.24) is 10.2 Å². The quantitative estimate of drug-likeness (QED) is 0.255. The first-order chi connectivity index (χ1) is 15.9. The van der Waals surface area contributed by atoms with Crippen LogP contribution in [-0.2, 0) is 0 Å². The van der Waals surface area contributed by atoms with Crippen LogP contribution in [0.5, 0.6) is 0 Å². The molecular formula is C27H39N5O2. The van der Waals surface area contributed by atoms with E-state index in [-0.39, 0.29) is 23.9 Å². The highest BCUT2D eigenvalue weighted by atomic mass is 16.2. The zero-order chi connectivity index (χ0) is 25.9. The second-order valence-corrected chi connectivity index (χ2v) is 9.35. The molecule has 0 unspecified atom stereocenters. The Bertz CT molecular complexity index is 1000. The van der Waals surface area contributed by atoms with Gasteiger partial charge in [-0.25, -0.2) is 9.98 Å². The molecule has 0 aliphatic carbocycles. The normalized spacial score (nSPS) is 12.7. The van der Waals surface area contributed by atoms with Gasteiger partial charge in [0.15, 0.2) is 0 Å². The Morgan fingerprint density at radius 3 is 2.44 bits per heavy atom. The molecule has 0 spiro atoms. The van der Waals surface area contributed by atoms with Crippen molar-refractivity contribution in [3.63, 3.8) is 0 Å². The molecule has 0 saturated heterocycles. The Hall–Kier alpha value is -3.29. The zero-order valence-corrected chi connectivity index (χ0v) is 21.4. The average molecular weight is 466 g/mol. The third-order valence-electron chi connectivity index (χ3n) is 4.67. The smallest absolute Gasteiger partial charge is 0.251 e. The molecule has 184 valence electrons. The zero-order valence-electron chi connectivity index (χ0n) is 21.4. The molecule has 0 atom stereocenters. The number of allylic oxidation sites excluding steroid dienone is 3. The maximum Gasteiger partial charge on any atom is 0.251 e. The molecule has 3 N–H and O–H groups in total. The number of amides is 1. The first-order valence-corrected chi connectivity index (χ1v) is 11.1. The van der Waals surface area contributed by atoms with E-state index >= 15 is 0 Å². The Morgan fingerprint density at radius 2 is 1.88 bits per heavy atom. The molecular weight excluding hydrogens is 426 g/mol. The molecule has 0 radical (unpaired) electrons. The van der Waals surface area contributed by atoms with Crippen molar-refractivity contribution in [3.8, 4) is 0 Å². The highest BCUT2D eigenvalue weighted by Crippen LogP contribution is 2.19. The van der Waals surface area contributed by atoms with Crippen molar-refractivity contribution in [1.29, 1.82) is 0 Å². The summed E-state index contributed by atoms with van der Waals surface area (Å²) < 4.78 is 0. The number of nitrogens with one attached hydrogen (secondary N) is 2. The number of hydrogen-bond acceptors (Lipinski definition) is 4. The molecule has 0 fully saturated rings. The van der Waals surface area contributed by atoms with E-state index in [2.05, 4.69) is 59.2 Å². The van der Waals surface area contributed by atoms with Gasteiger partial charge in [0, 0.05) is 24.3 Å². The fourth-order valence-electron chi connectivity index (χ4n) is 3.37. The number of carbonyl (C=O) groups excluding carboxylic acids is 1. The standard InChI is InChI=1S/C27H39N5O2/c1-19(2)13-20(3)21(4)30-26(28-7)31-24-15-22(11-10-12-33)14-23(16-24)25(34)29-17-27(5,6)18-32(8)9/h10-11,13-16,33H,1,4,7,12,17-18H2,2-3,5-6,8-9H3,(H,29,34)(H,30,31)/b11-10+,20-13+. The lowest BCUT2D eigenvalue weighted by molar-refractivity contribution is 0.0929. The first-order valence-electron chi connectivity index (χ1n) is 11.1. The van der Waals surface area contributed by atoms with Crippen LogP contribution in [0, 0.1) is 5.41 Å². The fourth-order valence-corrected chi connectivity index (χ4v) is 3.37. The van der Waals surface area contributed by atoms with E-state index in [0.29, 0.717) is 23.5 Å². The minimum Gasteiger partial charge on any atom is -0.392 e. The number of guanidine groups is 1. The third kappa shape index (κ3) is 10.6. The lowest BCUT2D eigenvalue weighted by Gasteiger charge is -2.28. The minimum atomic E-state index is -0.191. The predicted octanol–water partition coefficient (Wildman–Crippen LogP) is 4.51. The number of carbonyl (C=O) groups is 1. The van der Waals surface area contributed by atoms with Crippen LogP contribution >= 0.6 is 0 Å². The van der Waals surface area contributed by atoms with Crippen LogP contribution in [0.1, 0.15) is 43.6 Å². The van der Waals surface area contributed by atoms with Crippen molar-refractivity contribution in [2.45, 2.75) is 27.7 Å². The van der Waals surface area contributed by atoms with E-state index in [0.717, 1.165) is 23.3 Å². The van der Waals surface area contributed by atoms with Crippen LogP contribution in [0.4, 0.5) is 5.69 Å². The molecule has 1 aromatic rings. The summed E-state index contributed by atoms with van der Waals surface area (Å²) in [5, 5.41) is 15.3. The van der Waals surface area contributed by atoms with E-state index in [1.165, 1.54) is 0 Å². The molecule has 0 aliphatic rings. The second kappa shape index (κ2) is 13.4.